The minimum absolute atomic E-state index is 0.502. The summed E-state index contributed by atoms with van der Waals surface area (Å²) in [6, 6.07) is 5.56. The van der Waals surface area contributed by atoms with Crippen molar-refractivity contribution in [1.29, 1.82) is 0 Å². The lowest BCUT2D eigenvalue weighted by atomic mass is 10.1. The summed E-state index contributed by atoms with van der Waals surface area (Å²) in [6.45, 7) is 1.71. The van der Waals surface area contributed by atoms with Crippen LogP contribution in [0.5, 0.6) is 5.75 Å². The van der Waals surface area contributed by atoms with Crippen molar-refractivity contribution in [2.75, 3.05) is 7.11 Å². The Balaban J connectivity index is 3.12. The first kappa shape index (κ1) is 9.55. The normalized spacial score (nSPS) is 12.7. The molecule has 0 radical (unpaired) electrons. The molecule has 0 bridgehead atoms. The third kappa shape index (κ3) is 1.99. The summed E-state index contributed by atoms with van der Waals surface area (Å²) >= 11 is 3.33. The van der Waals surface area contributed by atoms with E-state index >= 15 is 0 Å². The smallest absolute Gasteiger partial charge is 0.124 e. The van der Waals surface area contributed by atoms with E-state index in [1.54, 1.807) is 14.0 Å². The van der Waals surface area contributed by atoms with Crippen LogP contribution in [0.1, 0.15) is 18.6 Å². The van der Waals surface area contributed by atoms with Gasteiger partial charge in [-0.25, -0.2) is 0 Å². The molecule has 12 heavy (non-hydrogen) atoms. The molecule has 3 heteroatoms. The van der Waals surface area contributed by atoms with E-state index in [-0.39, 0.29) is 0 Å². The Bertz CT molecular complexity index is 271. The van der Waals surface area contributed by atoms with Gasteiger partial charge >= 0.3 is 0 Å². The van der Waals surface area contributed by atoms with Crippen LogP contribution in [0.2, 0.25) is 0 Å². The third-order valence-corrected chi connectivity index (χ3v) is 2.14. The van der Waals surface area contributed by atoms with Gasteiger partial charge in [0.05, 0.1) is 13.2 Å². The lowest BCUT2D eigenvalue weighted by Crippen LogP contribution is -1.95. The number of halogens is 1. The fourth-order valence-electron chi connectivity index (χ4n) is 1.03. The molecule has 1 N–H and O–H groups in total. The average Bonchev–Trinajstić information content (AvgIpc) is 2.04. The van der Waals surface area contributed by atoms with E-state index in [1.165, 1.54) is 0 Å². The second-order valence-electron chi connectivity index (χ2n) is 2.56. The van der Waals surface area contributed by atoms with Crippen LogP contribution in [-0.4, -0.2) is 12.2 Å². The molecule has 66 valence electrons. The van der Waals surface area contributed by atoms with Gasteiger partial charge in [-0.1, -0.05) is 15.9 Å². The number of methoxy groups -OCH3 is 1. The number of rotatable bonds is 2. The molecule has 0 amide bonds. The molecular weight excluding hydrogens is 220 g/mol. The van der Waals surface area contributed by atoms with E-state index in [2.05, 4.69) is 15.9 Å². The molecule has 2 nitrogen and oxygen atoms in total. The number of hydrogen-bond donors (Lipinski definition) is 1. The molecule has 0 aliphatic rings. The Morgan fingerprint density at radius 1 is 1.50 bits per heavy atom. The molecule has 0 saturated carbocycles. The van der Waals surface area contributed by atoms with Crippen LogP contribution in [-0.2, 0) is 0 Å². The van der Waals surface area contributed by atoms with Crippen LogP contribution < -0.4 is 4.74 Å². The molecular formula is C9H11BrO2. The first-order valence-electron chi connectivity index (χ1n) is 3.66. The van der Waals surface area contributed by atoms with Crippen molar-refractivity contribution in [3.05, 3.63) is 28.2 Å². The summed E-state index contributed by atoms with van der Waals surface area (Å²) in [7, 11) is 1.59. The van der Waals surface area contributed by atoms with Crippen LogP contribution in [0.25, 0.3) is 0 Å². The quantitative estimate of drug-likeness (QED) is 0.847. The number of hydrogen-bond acceptors (Lipinski definition) is 2. The summed E-state index contributed by atoms with van der Waals surface area (Å²) in [4.78, 5) is 0. The second-order valence-corrected chi connectivity index (χ2v) is 3.48. The lowest BCUT2D eigenvalue weighted by molar-refractivity contribution is 0.194. The first-order chi connectivity index (χ1) is 5.65. The van der Waals surface area contributed by atoms with Gasteiger partial charge < -0.3 is 9.84 Å². The maximum absolute atomic E-state index is 9.36. The van der Waals surface area contributed by atoms with Gasteiger partial charge in [0, 0.05) is 10.0 Å². The highest BCUT2D eigenvalue weighted by molar-refractivity contribution is 9.10. The van der Waals surface area contributed by atoms with Crippen LogP contribution >= 0.6 is 15.9 Å². The van der Waals surface area contributed by atoms with E-state index in [0.717, 1.165) is 10.0 Å². The maximum Gasteiger partial charge on any atom is 0.124 e. The highest BCUT2D eigenvalue weighted by atomic mass is 79.9. The van der Waals surface area contributed by atoms with Crippen molar-refractivity contribution in [1.82, 2.24) is 0 Å². The van der Waals surface area contributed by atoms with E-state index in [4.69, 9.17) is 4.74 Å². The van der Waals surface area contributed by atoms with Crippen molar-refractivity contribution in [3.63, 3.8) is 0 Å². The number of aliphatic hydroxyl groups excluding tert-OH is 1. The largest absolute Gasteiger partial charge is 0.496 e. The van der Waals surface area contributed by atoms with Gasteiger partial charge in [0.1, 0.15) is 5.75 Å². The van der Waals surface area contributed by atoms with Gasteiger partial charge in [0.15, 0.2) is 0 Å². The Hall–Kier alpha value is -0.540. The molecule has 0 aliphatic heterocycles. The number of ether oxygens (including phenoxy) is 1. The van der Waals surface area contributed by atoms with Crippen molar-refractivity contribution in [3.8, 4) is 5.75 Å². The second kappa shape index (κ2) is 3.92. The molecule has 1 rings (SSSR count). The monoisotopic (exact) mass is 230 g/mol. The minimum Gasteiger partial charge on any atom is -0.496 e. The molecule has 1 aromatic rings. The molecule has 0 heterocycles. The summed E-state index contributed by atoms with van der Waals surface area (Å²) < 4.78 is 6.02. The number of benzene rings is 1. The third-order valence-electron chi connectivity index (χ3n) is 1.64. The predicted octanol–water partition coefficient (Wildman–Crippen LogP) is 2.51. The first-order valence-corrected chi connectivity index (χ1v) is 4.46. The van der Waals surface area contributed by atoms with Crippen LogP contribution in [0.4, 0.5) is 0 Å². The minimum atomic E-state index is -0.502. The highest BCUT2D eigenvalue weighted by Crippen LogP contribution is 2.27. The average molecular weight is 231 g/mol. The summed E-state index contributed by atoms with van der Waals surface area (Å²) in [5.41, 5.74) is 0.798. The Labute approximate surface area is 80.3 Å². The van der Waals surface area contributed by atoms with E-state index in [1.807, 2.05) is 18.2 Å². The van der Waals surface area contributed by atoms with Crippen LogP contribution in [0.15, 0.2) is 22.7 Å². The molecule has 0 spiro atoms. The zero-order valence-electron chi connectivity index (χ0n) is 7.04. The van der Waals surface area contributed by atoms with Crippen molar-refractivity contribution in [2.24, 2.45) is 0 Å². The Morgan fingerprint density at radius 2 is 2.17 bits per heavy atom. The van der Waals surface area contributed by atoms with Gasteiger partial charge in [-0.05, 0) is 25.1 Å². The van der Waals surface area contributed by atoms with Crippen LogP contribution in [0.3, 0.4) is 0 Å². The standard InChI is InChI=1S/C9H11BrO2/c1-6(11)8-5-7(10)3-4-9(8)12-2/h3-6,11H,1-2H3. The van der Waals surface area contributed by atoms with Crippen molar-refractivity contribution >= 4 is 15.9 Å². The summed E-state index contributed by atoms with van der Waals surface area (Å²) in [5.74, 6) is 0.716. The fraction of sp³-hybridized carbons (Fsp3) is 0.333. The van der Waals surface area contributed by atoms with E-state index in [0.29, 0.717) is 5.75 Å². The van der Waals surface area contributed by atoms with Crippen molar-refractivity contribution in [2.45, 2.75) is 13.0 Å². The topological polar surface area (TPSA) is 29.5 Å². The maximum atomic E-state index is 9.36. The van der Waals surface area contributed by atoms with Gasteiger partial charge in [-0.15, -0.1) is 0 Å². The molecule has 0 aromatic heterocycles. The Kier molecular flexibility index (Phi) is 3.12. The fourth-order valence-corrected chi connectivity index (χ4v) is 1.41. The molecule has 0 fully saturated rings. The molecule has 1 aromatic carbocycles. The van der Waals surface area contributed by atoms with Gasteiger partial charge in [0.2, 0.25) is 0 Å². The summed E-state index contributed by atoms with van der Waals surface area (Å²) in [5, 5.41) is 9.36. The van der Waals surface area contributed by atoms with Crippen LogP contribution in [0, 0.1) is 0 Å². The zero-order chi connectivity index (χ0) is 9.14. The lowest BCUT2D eigenvalue weighted by Gasteiger charge is -2.10. The molecule has 0 aliphatic carbocycles. The van der Waals surface area contributed by atoms with Gasteiger partial charge in [-0.3, -0.25) is 0 Å². The Morgan fingerprint density at radius 3 is 2.67 bits per heavy atom. The predicted molar refractivity (Wildman–Crippen MR) is 51.3 cm³/mol. The molecule has 1 unspecified atom stereocenters. The molecule has 0 saturated heterocycles. The summed E-state index contributed by atoms with van der Waals surface area (Å²) in [6.07, 6.45) is -0.502. The zero-order valence-corrected chi connectivity index (χ0v) is 8.63. The van der Waals surface area contributed by atoms with Crippen molar-refractivity contribution < 1.29 is 9.84 Å². The highest BCUT2D eigenvalue weighted by Gasteiger charge is 2.07. The SMILES string of the molecule is COc1ccc(Br)cc1C(C)O. The van der Waals surface area contributed by atoms with Gasteiger partial charge in [0.25, 0.3) is 0 Å². The van der Waals surface area contributed by atoms with E-state index in [9.17, 15) is 5.11 Å². The molecule has 1 atom stereocenters. The van der Waals surface area contributed by atoms with Gasteiger partial charge in [-0.2, -0.15) is 0 Å². The number of aliphatic hydroxyl groups is 1. The van der Waals surface area contributed by atoms with E-state index < -0.39 is 6.10 Å².